The average molecular weight is 286 g/mol. The first kappa shape index (κ1) is 11.3. The van der Waals surface area contributed by atoms with Crippen LogP contribution in [0.2, 0.25) is 0 Å². The van der Waals surface area contributed by atoms with Crippen molar-refractivity contribution < 1.29 is 14.0 Å². The van der Waals surface area contributed by atoms with Gasteiger partial charge in [-0.3, -0.25) is 0 Å². The second kappa shape index (κ2) is 4.35. The van der Waals surface area contributed by atoms with Crippen LogP contribution in [0.15, 0.2) is 33.3 Å². The van der Waals surface area contributed by atoms with Gasteiger partial charge >= 0.3 is 0 Å². The molecule has 0 bridgehead atoms. The number of nitrogens with zero attached hydrogens (tertiary/aromatic N) is 1. The van der Waals surface area contributed by atoms with E-state index in [1.54, 1.807) is 19.1 Å². The van der Waals surface area contributed by atoms with E-state index in [9.17, 15) is 9.50 Å². The van der Waals surface area contributed by atoms with Gasteiger partial charge in [-0.25, -0.2) is 4.39 Å². The van der Waals surface area contributed by atoms with E-state index >= 15 is 0 Å². The average Bonchev–Trinajstić information content (AvgIpc) is 2.66. The highest BCUT2D eigenvalue weighted by atomic mass is 79.9. The van der Waals surface area contributed by atoms with Gasteiger partial charge in [-0.05, 0) is 25.1 Å². The Labute approximate surface area is 100 Å². The Kier molecular flexibility index (Phi) is 3.07. The summed E-state index contributed by atoms with van der Waals surface area (Å²) < 4.78 is 19.1. The maximum absolute atomic E-state index is 13.6. The molecule has 0 aliphatic carbocycles. The monoisotopic (exact) mass is 285 g/mol. The topological polar surface area (TPSA) is 46.3 Å². The van der Waals surface area contributed by atoms with Crippen molar-refractivity contribution in [3.63, 3.8) is 0 Å². The fraction of sp³-hybridized carbons (Fsp3) is 0.182. The van der Waals surface area contributed by atoms with Gasteiger partial charge in [0.25, 0.3) is 0 Å². The molecule has 0 radical (unpaired) electrons. The van der Waals surface area contributed by atoms with Crippen LogP contribution in [-0.2, 0) is 0 Å². The third-order valence-electron chi connectivity index (χ3n) is 2.15. The van der Waals surface area contributed by atoms with Gasteiger partial charge in [0.05, 0.1) is 0 Å². The van der Waals surface area contributed by atoms with E-state index in [1.165, 1.54) is 12.1 Å². The number of benzene rings is 1. The van der Waals surface area contributed by atoms with Crippen LogP contribution in [0.1, 0.15) is 18.8 Å². The molecule has 3 nitrogen and oxygen atoms in total. The Hall–Kier alpha value is -1.20. The largest absolute Gasteiger partial charge is 0.385 e. The normalized spacial score (nSPS) is 12.8. The van der Waals surface area contributed by atoms with Crippen LogP contribution >= 0.6 is 15.9 Å². The lowest BCUT2D eigenvalue weighted by Crippen LogP contribution is -1.86. The zero-order valence-electron chi connectivity index (χ0n) is 8.45. The number of hydrogen-bond donors (Lipinski definition) is 1. The predicted octanol–water partition coefficient (Wildman–Crippen LogP) is 3.30. The Morgan fingerprint density at radius 3 is 2.75 bits per heavy atom. The number of aromatic nitrogens is 1. The predicted molar refractivity (Wildman–Crippen MR) is 60.2 cm³/mol. The minimum Gasteiger partial charge on any atom is -0.385 e. The molecule has 1 N–H and O–H groups in total. The standard InChI is InChI=1S/C11H9BrFNO2/c1-6(15)11-5-10(14-16-11)8-3-2-7(12)4-9(8)13/h2-6,15H,1H3. The molecule has 0 amide bonds. The van der Waals surface area contributed by atoms with Crippen molar-refractivity contribution >= 4 is 15.9 Å². The van der Waals surface area contributed by atoms with E-state index in [2.05, 4.69) is 21.1 Å². The van der Waals surface area contributed by atoms with Crippen LogP contribution in [0.25, 0.3) is 11.3 Å². The van der Waals surface area contributed by atoms with Gasteiger partial charge < -0.3 is 9.63 Å². The molecular formula is C11H9BrFNO2. The Bertz CT molecular complexity index is 510. The Morgan fingerprint density at radius 2 is 2.19 bits per heavy atom. The molecule has 0 aliphatic rings. The van der Waals surface area contributed by atoms with Crippen LogP contribution in [0.5, 0.6) is 0 Å². The minimum atomic E-state index is -0.750. The van der Waals surface area contributed by atoms with Crippen molar-refractivity contribution in [2.24, 2.45) is 0 Å². The fourth-order valence-electron chi connectivity index (χ4n) is 1.31. The summed E-state index contributed by atoms with van der Waals surface area (Å²) in [6, 6.07) is 6.20. The van der Waals surface area contributed by atoms with Crippen LogP contribution in [-0.4, -0.2) is 10.3 Å². The van der Waals surface area contributed by atoms with E-state index in [-0.39, 0.29) is 5.82 Å². The molecule has 5 heteroatoms. The molecule has 2 aromatic rings. The third-order valence-corrected chi connectivity index (χ3v) is 2.64. The summed E-state index contributed by atoms with van der Waals surface area (Å²) in [5, 5.41) is 13.0. The lowest BCUT2D eigenvalue weighted by Gasteiger charge is -1.98. The summed E-state index contributed by atoms with van der Waals surface area (Å²) >= 11 is 3.17. The number of rotatable bonds is 2. The maximum Gasteiger partial charge on any atom is 0.165 e. The molecule has 16 heavy (non-hydrogen) atoms. The second-order valence-electron chi connectivity index (χ2n) is 3.41. The van der Waals surface area contributed by atoms with Gasteiger partial charge in [-0.15, -0.1) is 0 Å². The molecule has 1 unspecified atom stereocenters. The summed E-state index contributed by atoms with van der Waals surface area (Å²) in [6.45, 7) is 1.56. The van der Waals surface area contributed by atoms with Gasteiger partial charge in [0.2, 0.25) is 0 Å². The van der Waals surface area contributed by atoms with Crippen molar-refractivity contribution in [1.82, 2.24) is 5.16 Å². The van der Waals surface area contributed by atoms with Crippen LogP contribution < -0.4 is 0 Å². The van der Waals surface area contributed by atoms with Gasteiger partial charge in [0, 0.05) is 16.1 Å². The number of halogens is 2. The number of aliphatic hydroxyl groups is 1. The summed E-state index contributed by atoms with van der Waals surface area (Å²) in [4.78, 5) is 0. The van der Waals surface area contributed by atoms with Crippen LogP contribution in [0.3, 0.4) is 0 Å². The first-order valence-electron chi connectivity index (χ1n) is 4.68. The Balaban J connectivity index is 2.42. The molecule has 0 spiro atoms. The maximum atomic E-state index is 13.6. The first-order valence-corrected chi connectivity index (χ1v) is 5.47. The molecule has 0 aliphatic heterocycles. The number of hydrogen-bond acceptors (Lipinski definition) is 3. The first-order chi connectivity index (χ1) is 7.58. The quantitative estimate of drug-likeness (QED) is 0.921. The Morgan fingerprint density at radius 1 is 1.44 bits per heavy atom. The van der Waals surface area contributed by atoms with Crippen LogP contribution in [0.4, 0.5) is 4.39 Å². The smallest absolute Gasteiger partial charge is 0.165 e. The van der Waals surface area contributed by atoms with E-state index in [1.807, 2.05) is 0 Å². The van der Waals surface area contributed by atoms with Gasteiger partial charge in [0.1, 0.15) is 17.6 Å². The molecule has 0 fully saturated rings. The molecule has 0 saturated heterocycles. The van der Waals surface area contributed by atoms with Crippen molar-refractivity contribution in [3.8, 4) is 11.3 Å². The minimum absolute atomic E-state index is 0.317. The molecular weight excluding hydrogens is 277 g/mol. The van der Waals surface area contributed by atoms with Crippen molar-refractivity contribution in [3.05, 3.63) is 40.3 Å². The summed E-state index contributed by atoms with van der Waals surface area (Å²) in [5.41, 5.74) is 0.722. The fourth-order valence-corrected chi connectivity index (χ4v) is 1.64. The zero-order valence-corrected chi connectivity index (χ0v) is 10.0. The number of aliphatic hydroxyl groups excluding tert-OH is 1. The van der Waals surface area contributed by atoms with Crippen molar-refractivity contribution in [2.45, 2.75) is 13.0 Å². The van der Waals surface area contributed by atoms with E-state index in [4.69, 9.17) is 4.52 Å². The molecule has 1 aromatic heterocycles. The molecule has 1 heterocycles. The van der Waals surface area contributed by atoms with Crippen molar-refractivity contribution in [1.29, 1.82) is 0 Å². The summed E-state index contributed by atoms with van der Waals surface area (Å²) in [7, 11) is 0. The third kappa shape index (κ3) is 2.15. The summed E-state index contributed by atoms with van der Waals surface area (Å²) in [5.74, 6) is -0.0721. The zero-order chi connectivity index (χ0) is 11.7. The molecule has 2 rings (SSSR count). The van der Waals surface area contributed by atoms with E-state index < -0.39 is 6.10 Å². The SMILES string of the molecule is CC(O)c1cc(-c2ccc(Br)cc2F)no1. The highest BCUT2D eigenvalue weighted by molar-refractivity contribution is 9.10. The van der Waals surface area contributed by atoms with Gasteiger partial charge in [0.15, 0.2) is 5.76 Å². The van der Waals surface area contributed by atoms with E-state index in [0.29, 0.717) is 21.5 Å². The van der Waals surface area contributed by atoms with Gasteiger partial charge in [-0.1, -0.05) is 21.1 Å². The molecule has 1 atom stereocenters. The van der Waals surface area contributed by atoms with Crippen molar-refractivity contribution in [2.75, 3.05) is 0 Å². The van der Waals surface area contributed by atoms with E-state index in [0.717, 1.165) is 0 Å². The highest BCUT2D eigenvalue weighted by Crippen LogP contribution is 2.26. The lowest BCUT2D eigenvalue weighted by atomic mass is 10.1. The van der Waals surface area contributed by atoms with Crippen LogP contribution in [0, 0.1) is 5.82 Å². The molecule has 1 aromatic carbocycles. The second-order valence-corrected chi connectivity index (χ2v) is 4.33. The molecule has 0 saturated carbocycles. The summed E-state index contributed by atoms with van der Waals surface area (Å²) in [6.07, 6.45) is -0.750. The lowest BCUT2D eigenvalue weighted by molar-refractivity contribution is 0.158. The van der Waals surface area contributed by atoms with Gasteiger partial charge in [-0.2, -0.15) is 0 Å². The highest BCUT2D eigenvalue weighted by Gasteiger charge is 2.13. The molecule has 84 valence electrons.